The Balaban J connectivity index is 1.67. The Labute approximate surface area is 162 Å². The molecule has 0 spiro atoms. The van der Waals surface area contributed by atoms with E-state index < -0.39 is 5.97 Å². The van der Waals surface area contributed by atoms with E-state index in [0.717, 1.165) is 16.0 Å². The average molecular weight is 383 g/mol. The Morgan fingerprint density at radius 3 is 2.41 bits per heavy atom. The first-order valence-electron chi connectivity index (χ1n) is 8.58. The zero-order valence-corrected chi connectivity index (χ0v) is 16.3. The third-order valence-electron chi connectivity index (χ3n) is 4.37. The van der Waals surface area contributed by atoms with Crippen LogP contribution in [0.2, 0.25) is 0 Å². The molecule has 140 valence electrons. The van der Waals surface area contributed by atoms with Gasteiger partial charge in [0, 0.05) is 10.4 Å². The van der Waals surface area contributed by atoms with Crippen molar-refractivity contribution in [2.24, 2.45) is 0 Å². The molecule has 1 amide bonds. The summed E-state index contributed by atoms with van der Waals surface area (Å²) in [6.45, 7) is 4.94. The highest BCUT2D eigenvalue weighted by Crippen LogP contribution is 2.26. The minimum Gasteiger partial charge on any atom is -0.465 e. The second-order valence-electron chi connectivity index (χ2n) is 6.22. The number of esters is 1. The van der Waals surface area contributed by atoms with Gasteiger partial charge in [-0.15, -0.1) is 11.3 Å². The SMILES string of the molecule is Cc1oc(C)c(C(=O)OCC(=O)NC(c2ccccc2)c2cccs2)c1C. The van der Waals surface area contributed by atoms with Gasteiger partial charge in [-0.1, -0.05) is 36.4 Å². The number of carbonyl (C=O) groups excluding carboxylic acids is 2. The van der Waals surface area contributed by atoms with Crippen LogP contribution in [0.4, 0.5) is 0 Å². The maximum atomic E-state index is 12.4. The fourth-order valence-electron chi connectivity index (χ4n) is 2.92. The van der Waals surface area contributed by atoms with E-state index in [0.29, 0.717) is 17.1 Å². The first-order chi connectivity index (χ1) is 13.0. The van der Waals surface area contributed by atoms with Gasteiger partial charge in [0.2, 0.25) is 0 Å². The van der Waals surface area contributed by atoms with Crippen molar-refractivity contribution in [3.8, 4) is 0 Å². The van der Waals surface area contributed by atoms with Gasteiger partial charge in [-0.05, 0) is 37.8 Å². The van der Waals surface area contributed by atoms with Crippen LogP contribution < -0.4 is 5.32 Å². The molecule has 0 saturated carbocycles. The van der Waals surface area contributed by atoms with Gasteiger partial charge in [-0.2, -0.15) is 0 Å². The molecule has 2 aromatic heterocycles. The van der Waals surface area contributed by atoms with Gasteiger partial charge in [-0.3, -0.25) is 4.79 Å². The molecule has 0 aliphatic rings. The third kappa shape index (κ3) is 4.28. The fraction of sp³-hybridized carbons (Fsp3) is 0.238. The molecule has 6 heteroatoms. The monoisotopic (exact) mass is 383 g/mol. The van der Waals surface area contributed by atoms with Gasteiger partial charge >= 0.3 is 5.97 Å². The van der Waals surface area contributed by atoms with Crippen molar-refractivity contribution in [1.29, 1.82) is 0 Å². The van der Waals surface area contributed by atoms with E-state index in [1.54, 1.807) is 32.1 Å². The van der Waals surface area contributed by atoms with Crippen molar-refractivity contribution < 1.29 is 18.7 Å². The van der Waals surface area contributed by atoms with Crippen LogP contribution >= 0.6 is 11.3 Å². The van der Waals surface area contributed by atoms with Crippen LogP contribution in [0.1, 0.15) is 43.9 Å². The van der Waals surface area contributed by atoms with E-state index in [2.05, 4.69) is 5.32 Å². The van der Waals surface area contributed by atoms with Gasteiger partial charge in [-0.25, -0.2) is 4.79 Å². The number of hydrogen-bond acceptors (Lipinski definition) is 5. The predicted octanol–water partition coefficient (Wildman–Crippen LogP) is 4.33. The summed E-state index contributed by atoms with van der Waals surface area (Å²) < 4.78 is 10.7. The zero-order valence-electron chi connectivity index (χ0n) is 15.4. The van der Waals surface area contributed by atoms with E-state index in [-0.39, 0.29) is 18.6 Å². The molecular weight excluding hydrogens is 362 g/mol. The van der Waals surface area contributed by atoms with Crippen LogP contribution in [0.15, 0.2) is 52.3 Å². The van der Waals surface area contributed by atoms with E-state index in [9.17, 15) is 9.59 Å². The fourth-order valence-corrected chi connectivity index (χ4v) is 3.72. The number of rotatable bonds is 6. The molecule has 0 fully saturated rings. The lowest BCUT2D eigenvalue weighted by molar-refractivity contribution is -0.124. The second-order valence-corrected chi connectivity index (χ2v) is 7.20. The molecule has 5 nitrogen and oxygen atoms in total. The minimum atomic E-state index is -0.551. The summed E-state index contributed by atoms with van der Waals surface area (Å²) in [5, 5.41) is 4.91. The lowest BCUT2D eigenvalue weighted by Crippen LogP contribution is -2.32. The van der Waals surface area contributed by atoms with E-state index >= 15 is 0 Å². The van der Waals surface area contributed by atoms with Crippen molar-refractivity contribution in [2.75, 3.05) is 6.61 Å². The summed E-state index contributed by atoms with van der Waals surface area (Å²) in [7, 11) is 0. The zero-order chi connectivity index (χ0) is 19.4. The van der Waals surface area contributed by atoms with E-state index in [1.807, 2.05) is 47.8 Å². The topological polar surface area (TPSA) is 68.5 Å². The summed E-state index contributed by atoms with van der Waals surface area (Å²) in [6, 6.07) is 13.3. The first kappa shape index (κ1) is 18.9. The van der Waals surface area contributed by atoms with Crippen molar-refractivity contribution in [2.45, 2.75) is 26.8 Å². The Hall–Kier alpha value is -2.86. The molecular formula is C21H21NO4S. The molecule has 0 aliphatic carbocycles. The number of amides is 1. The summed E-state index contributed by atoms with van der Waals surface area (Å²) in [5.41, 5.74) is 2.09. The highest BCUT2D eigenvalue weighted by molar-refractivity contribution is 7.10. The number of furan rings is 1. The van der Waals surface area contributed by atoms with Crippen LogP contribution in [0.3, 0.4) is 0 Å². The Bertz CT molecular complexity index is 929. The number of nitrogens with one attached hydrogen (secondary N) is 1. The van der Waals surface area contributed by atoms with Gasteiger partial charge in [0.15, 0.2) is 6.61 Å². The van der Waals surface area contributed by atoms with Crippen molar-refractivity contribution in [1.82, 2.24) is 5.32 Å². The molecule has 1 aromatic carbocycles. The minimum absolute atomic E-state index is 0.281. The molecule has 1 unspecified atom stereocenters. The molecule has 1 atom stereocenters. The van der Waals surface area contributed by atoms with Crippen molar-refractivity contribution >= 4 is 23.2 Å². The van der Waals surface area contributed by atoms with Gasteiger partial charge in [0.05, 0.1) is 6.04 Å². The molecule has 2 heterocycles. The Morgan fingerprint density at radius 1 is 1.07 bits per heavy atom. The van der Waals surface area contributed by atoms with E-state index in [4.69, 9.17) is 9.15 Å². The average Bonchev–Trinajstić information content (AvgIpc) is 3.27. The lowest BCUT2D eigenvalue weighted by Gasteiger charge is -2.18. The Kier molecular flexibility index (Phi) is 5.76. The predicted molar refractivity (Wildman–Crippen MR) is 104 cm³/mol. The quantitative estimate of drug-likeness (QED) is 0.643. The smallest absolute Gasteiger partial charge is 0.342 e. The molecule has 3 aromatic rings. The number of ether oxygens (including phenoxy) is 1. The van der Waals surface area contributed by atoms with Crippen LogP contribution in [0.5, 0.6) is 0 Å². The molecule has 0 bridgehead atoms. The highest BCUT2D eigenvalue weighted by Gasteiger charge is 2.22. The standard InChI is InChI=1S/C21H21NO4S/c1-13-14(2)26-15(3)19(13)21(24)25-12-18(23)22-20(17-10-7-11-27-17)16-8-5-4-6-9-16/h4-11,20H,12H2,1-3H3,(H,22,23). The van der Waals surface area contributed by atoms with Gasteiger partial charge in [0.1, 0.15) is 17.1 Å². The van der Waals surface area contributed by atoms with Crippen LogP contribution in [-0.2, 0) is 9.53 Å². The summed E-state index contributed by atoms with van der Waals surface area (Å²) in [5.74, 6) is 0.257. The Morgan fingerprint density at radius 2 is 1.81 bits per heavy atom. The number of benzene rings is 1. The largest absolute Gasteiger partial charge is 0.465 e. The molecule has 0 aliphatic heterocycles. The summed E-state index contributed by atoms with van der Waals surface area (Å²) >= 11 is 1.56. The summed E-state index contributed by atoms with van der Waals surface area (Å²) in [6.07, 6.45) is 0. The molecule has 27 heavy (non-hydrogen) atoms. The van der Waals surface area contributed by atoms with Crippen molar-refractivity contribution in [3.05, 3.63) is 80.9 Å². The molecule has 1 N–H and O–H groups in total. The summed E-state index contributed by atoms with van der Waals surface area (Å²) in [4.78, 5) is 25.8. The highest BCUT2D eigenvalue weighted by atomic mass is 32.1. The second kappa shape index (κ2) is 8.22. The number of carbonyl (C=O) groups is 2. The van der Waals surface area contributed by atoms with Crippen molar-refractivity contribution in [3.63, 3.8) is 0 Å². The number of aryl methyl sites for hydroxylation is 2. The van der Waals surface area contributed by atoms with Gasteiger partial charge in [0.25, 0.3) is 5.91 Å². The van der Waals surface area contributed by atoms with Crippen LogP contribution in [0.25, 0.3) is 0 Å². The maximum Gasteiger partial charge on any atom is 0.342 e. The number of thiophene rings is 1. The van der Waals surface area contributed by atoms with Crippen LogP contribution in [-0.4, -0.2) is 18.5 Å². The normalized spacial score (nSPS) is 11.8. The maximum absolute atomic E-state index is 12.4. The first-order valence-corrected chi connectivity index (χ1v) is 9.46. The molecule has 0 radical (unpaired) electrons. The van der Waals surface area contributed by atoms with Crippen LogP contribution in [0, 0.1) is 20.8 Å². The number of hydrogen-bond donors (Lipinski definition) is 1. The lowest BCUT2D eigenvalue weighted by atomic mass is 10.1. The molecule has 3 rings (SSSR count). The van der Waals surface area contributed by atoms with E-state index in [1.165, 1.54) is 0 Å². The third-order valence-corrected chi connectivity index (χ3v) is 5.30. The molecule has 0 saturated heterocycles. The van der Waals surface area contributed by atoms with Gasteiger partial charge < -0.3 is 14.5 Å².